The number of benzene rings is 2. The molecule has 0 fully saturated rings. The summed E-state index contributed by atoms with van der Waals surface area (Å²) in [6, 6.07) is 11.9. The number of hydrogen-bond donors (Lipinski definition) is 0. The fourth-order valence-electron chi connectivity index (χ4n) is 4.52. The lowest BCUT2D eigenvalue weighted by molar-refractivity contribution is 0.0798. The molecule has 1 unspecified atom stereocenters. The lowest BCUT2D eigenvalue weighted by Gasteiger charge is -2.38. The molecule has 0 N–H and O–H groups in total. The summed E-state index contributed by atoms with van der Waals surface area (Å²) in [5, 5.41) is -0.873. The van der Waals surface area contributed by atoms with Gasteiger partial charge >= 0.3 is 0 Å². The number of ether oxygens (including phenoxy) is 1. The standard InChI is InChI=1S/C28H39BrFNO4SSi/c1-19-9-14-23(30)18-24(19)21(15-16-34-37(7,8)27(2,3)4)17-25-31-36(32,33)26(28(5,6)35-25)20-10-12-22(29)13-11-20/h9-14,18,21,26H,15-17H2,1-8H3/t21-,26?/m1/s1. The Labute approximate surface area is 231 Å². The molecule has 0 bridgehead atoms. The number of aryl methyl sites for hydroxylation is 1. The Balaban J connectivity index is 1.92. The fourth-order valence-corrected chi connectivity index (χ4v) is 7.61. The Morgan fingerprint density at radius 3 is 2.35 bits per heavy atom. The lowest BCUT2D eigenvalue weighted by atomic mass is 9.89. The summed E-state index contributed by atoms with van der Waals surface area (Å²) >= 11 is 3.40. The number of nitrogens with zero attached hydrogens (tertiary/aromatic N) is 1. The van der Waals surface area contributed by atoms with Gasteiger partial charge in [-0.2, -0.15) is 0 Å². The minimum absolute atomic E-state index is 0.0635. The maximum Gasteiger partial charge on any atom is 0.267 e. The van der Waals surface area contributed by atoms with Crippen molar-refractivity contribution in [1.82, 2.24) is 0 Å². The van der Waals surface area contributed by atoms with Crippen LogP contribution in [0.1, 0.15) is 75.3 Å². The zero-order valence-corrected chi connectivity index (χ0v) is 26.5. The van der Waals surface area contributed by atoms with Crippen LogP contribution in [0.3, 0.4) is 0 Å². The first-order valence-electron chi connectivity index (χ1n) is 12.6. The molecule has 2 aromatic rings. The fraction of sp³-hybridized carbons (Fsp3) is 0.536. The first-order valence-corrected chi connectivity index (χ1v) is 17.8. The van der Waals surface area contributed by atoms with Crippen molar-refractivity contribution in [1.29, 1.82) is 0 Å². The number of halogens is 2. The van der Waals surface area contributed by atoms with E-state index in [2.05, 4.69) is 54.2 Å². The van der Waals surface area contributed by atoms with Crippen molar-refractivity contribution in [2.24, 2.45) is 4.40 Å². The third kappa shape index (κ3) is 7.10. The van der Waals surface area contributed by atoms with Crippen LogP contribution in [0.4, 0.5) is 4.39 Å². The highest BCUT2D eigenvalue weighted by Gasteiger charge is 2.47. The predicted octanol–water partition coefficient (Wildman–Crippen LogP) is 8.06. The Morgan fingerprint density at radius 1 is 1.16 bits per heavy atom. The topological polar surface area (TPSA) is 65.0 Å². The zero-order chi connectivity index (χ0) is 27.8. The highest BCUT2D eigenvalue weighted by molar-refractivity contribution is 9.10. The van der Waals surface area contributed by atoms with E-state index in [-0.39, 0.29) is 29.1 Å². The van der Waals surface area contributed by atoms with E-state index >= 15 is 0 Å². The molecule has 0 aliphatic carbocycles. The smallest absolute Gasteiger partial charge is 0.267 e. The molecule has 2 aromatic carbocycles. The zero-order valence-electron chi connectivity index (χ0n) is 23.1. The van der Waals surface area contributed by atoms with Gasteiger partial charge in [-0.25, -0.2) is 12.8 Å². The highest BCUT2D eigenvalue weighted by atomic mass is 79.9. The number of hydrogen-bond acceptors (Lipinski definition) is 4. The summed E-state index contributed by atoms with van der Waals surface area (Å²) in [5.74, 6) is -0.389. The van der Waals surface area contributed by atoms with Gasteiger partial charge in [0.2, 0.25) is 5.90 Å². The molecule has 5 nitrogen and oxygen atoms in total. The van der Waals surface area contributed by atoms with Gasteiger partial charge in [0, 0.05) is 17.5 Å². The van der Waals surface area contributed by atoms with Gasteiger partial charge < -0.3 is 9.16 Å². The maximum absolute atomic E-state index is 14.3. The van der Waals surface area contributed by atoms with Crippen LogP contribution in [0.15, 0.2) is 51.3 Å². The highest BCUT2D eigenvalue weighted by Crippen LogP contribution is 2.43. The number of sulfonamides is 1. The van der Waals surface area contributed by atoms with Crippen molar-refractivity contribution in [3.63, 3.8) is 0 Å². The van der Waals surface area contributed by atoms with Crippen LogP contribution in [0.5, 0.6) is 0 Å². The largest absolute Gasteiger partial charge is 0.472 e. The predicted molar refractivity (Wildman–Crippen MR) is 155 cm³/mol. The van der Waals surface area contributed by atoms with Crippen LogP contribution in [0, 0.1) is 12.7 Å². The van der Waals surface area contributed by atoms with E-state index in [0.29, 0.717) is 18.6 Å². The maximum atomic E-state index is 14.3. The summed E-state index contributed by atoms with van der Waals surface area (Å²) in [6.07, 6.45) is 0.830. The Morgan fingerprint density at radius 2 is 1.78 bits per heavy atom. The number of rotatable bonds is 8. The van der Waals surface area contributed by atoms with E-state index < -0.39 is 29.2 Å². The summed E-state index contributed by atoms with van der Waals surface area (Å²) in [6.45, 7) is 16.9. The molecule has 1 aliphatic rings. The summed E-state index contributed by atoms with van der Waals surface area (Å²) < 4.78 is 58.8. The molecule has 3 rings (SSSR count). The SMILES string of the molecule is Cc1ccc(F)cc1[C@H](CCO[Si](C)(C)C(C)(C)C)CC1=NS(=O)(=O)C(c2ccc(Br)cc2)C(C)(C)O1. The van der Waals surface area contributed by atoms with Crippen LogP contribution < -0.4 is 0 Å². The third-order valence-corrected chi connectivity index (χ3v) is 14.5. The normalized spacial score (nSPS) is 20.2. The minimum atomic E-state index is -3.91. The molecule has 0 saturated heterocycles. The quantitative estimate of drug-likeness (QED) is 0.283. The minimum Gasteiger partial charge on any atom is -0.472 e. The monoisotopic (exact) mass is 611 g/mol. The van der Waals surface area contributed by atoms with Crippen molar-refractivity contribution < 1.29 is 22.0 Å². The molecular weight excluding hydrogens is 573 g/mol. The molecule has 0 radical (unpaired) electrons. The van der Waals surface area contributed by atoms with E-state index in [0.717, 1.165) is 15.6 Å². The van der Waals surface area contributed by atoms with E-state index in [1.807, 2.05) is 19.1 Å². The van der Waals surface area contributed by atoms with E-state index in [1.165, 1.54) is 12.1 Å². The first-order chi connectivity index (χ1) is 16.9. The molecule has 37 heavy (non-hydrogen) atoms. The first kappa shape index (κ1) is 30.0. The van der Waals surface area contributed by atoms with Crippen molar-refractivity contribution in [3.8, 4) is 0 Å². The second-order valence-electron chi connectivity index (χ2n) is 11.9. The lowest BCUT2D eigenvalue weighted by Crippen LogP contribution is -2.43. The summed E-state index contributed by atoms with van der Waals surface area (Å²) in [5.41, 5.74) is 1.33. The van der Waals surface area contributed by atoms with Crippen LogP contribution >= 0.6 is 15.9 Å². The van der Waals surface area contributed by atoms with Gasteiger partial charge in [0.05, 0.1) is 0 Å². The molecule has 0 amide bonds. The summed E-state index contributed by atoms with van der Waals surface area (Å²) in [7, 11) is -5.89. The van der Waals surface area contributed by atoms with Crippen LogP contribution in [0.2, 0.25) is 18.1 Å². The van der Waals surface area contributed by atoms with E-state index in [9.17, 15) is 12.8 Å². The van der Waals surface area contributed by atoms with Gasteiger partial charge in [-0.1, -0.05) is 54.9 Å². The third-order valence-electron chi connectivity index (χ3n) is 7.55. The van der Waals surface area contributed by atoms with E-state index in [1.54, 1.807) is 32.0 Å². The Bertz CT molecular complexity index is 1250. The van der Waals surface area contributed by atoms with Gasteiger partial charge in [0.15, 0.2) is 8.32 Å². The van der Waals surface area contributed by atoms with Gasteiger partial charge in [0.1, 0.15) is 16.7 Å². The second-order valence-corrected chi connectivity index (χ2v) is 19.3. The van der Waals surface area contributed by atoms with Crippen molar-refractivity contribution in [2.45, 2.75) is 89.3 Å². The van der Waals surface area contributed by atoms with Gasteiger partial charge in [-0.3, -0.25) is 0 Å². The molecule has 0 saturated carbocycles. The molecule has 1 aliphatic heterocycles. The molecule has 0 spiro atoms. The molecule has 9 heteroatoms. The van der Waals surface area contributed by atoms with Crippen molar-refractivity contribution in [3.05, 3.63) is 69.4 Å². The van der Waals surface area contributed by atoms with Crippen LogP contribution in [-0.2, 0) is 19.2 Å². The average Bonchev–Trinajstić information content (AvgIpc) is 2.73. The second kappa shape index (κ2) is 10.9. The molecular formula is C28H39BrFNO4SSi. The molecule has 2 atom stereocenters. The Kier molecular flexibility index (Phi) is 8.84. The molecule has 0 aromatic heterocycles. The molecule has 204 valence electrons. The Hall–Kier alpha value is -1.55. The summed E-state index contributed by atoms with van der Waals surface area (Å²) in [4.78, 5) is 0. The van der Waals surface area contributed by atoms with Gasteiger partial charge in [-0.05, 0) is 92.2 Å². The van der Waals surface area contributed by atoms with Gasteiger partial charge in [-0.15, -0.1) is 4.40 Å². The van der Waals surface area contributed by atoms with Crippen molar-refractivity contribution in [2.75, 3.05) is 6.61 Å². The van der Waals surface area contributed by atoms with Crippen molar-refractivity contribution >= 4 is 40.2 Å². The van der Waals surface area contributed by atoms with Crippen LogP contribution in [0.25, 0.3) is 0 Å². The van der Waals surface area contributed by atoms with E-state index in [4.69, 9.17) is 9.16 Å². The molecule has 1 heterocycles. The average molecular weight is 613 g/mol. The van der Waals surface area contributed by atoms with Gasteiger partial charge in [0.25, 0.3) is 10.0 Å². The van der Waals surface area contributed by atoms with Crippen LogP contribution in [-0.4, -0.2) is 34.8 Å².